The van der Waals surface area contributed by atoms with Crippen molar-refractivity contribution < 1.29 is 27.8 Å². The number of ether oxygens (including phenoxy) is 3. The van der Waals surface area contributed by atoms with E-state index < -0.39 is 6.61 Å². The van der Waals surface area contributed by atoms with E-state index in [1.807, 2.05) is 30.3 Å². The molecule has 0 unspecified atom stereocenters. The molecule has 1 fully saturated rings. The predicted octanol–water partition coefficient (Wildman–Crippen LogP) is 3.85. The lowest BCUT2D eigenvalue weighted by molar-refractivity contribution is -0.122. The number of rotatable bonds is 13. The number of nitrogens with zero attached hydrogens (tertiary/aromatic N) is 1. The summed E-state index contributed by atoms with van der Waals surface area (Å²) >= 11 is 0. The minimum Gasteiger partial charge on any atom is -0.492 e. The van der Waals surface area contributed by atoms with E-state index >= 15 is 0 Å². The molecule has 31 heavy (non-hydrogen) atoms. The van der Waals surface area contributed by atoms with Crippen molar-refractivity contribution >= 4 is 5.91 Å². The Hall–Kier alpha value is -2.87. The molecule has 1 aliphatic rings. The summed E-state index contributed by atoms with van der Waals surface area (Å²) in [5, 5.41) is 2.88. The SMILES string of the molecule is CCOc1cc(CN(CC(=O)NCCOc2ccccc2)C2CC2)ccc1OC(F)F. The van der Waals surface area contributed by atoms with Crippen LogP contribution in [0, 0.1) is 0 Å². The Labute approximate surface area is 181 Å². The van der Waals surface area contributed by atoms with E-state index in [-0.39, 0.29) is 24.0 Å². The molecule has 1 aliphatic carbocycles. The van der Waals surface area contributed by atoms with Crippen LogP contribution in [0.3, 0.4) is 0 Å². The Morgan fingerprint density at radius 3 is 2.58 bits per heavy atom. The van der Waals surface area contributed by atoms with Crippen LogP contribution in [-0.4, -0.2) is 49.8 Å². The van der Waals surface area contributed by atoms with E-state index in [0.717, 1.165) is 24.2 Å². The van der Waals surface area contributed by atoms with Gasteiger partial charge in [0.2, 0.25) is 5.91 Å². The van der Waals surface area contributed by atoms with Crippen molar-refractivity contribution in [3.8, 4) is 17.2 Å². The Morgan fingerprint density at radius 1 is 1.13 bits per heavy atom. The summed E-state index contributed by atoms with van der Waals surface area (Å²) < 4.78 is 40.7. The third-order valence-electron chi connectivity index (χ3n) is 4.76. The van der Waals surface area contributed by atoms with Gasteiger partial charge in [-0.05, 0) is 49.6 Å². The second-order valence-electron chi connectivity index (χ2n) is 7.24. The molecule has 0 saturated heterocycles. The van der Waals surface area contributed by atoms with Crippen LogP contribution in [0.15, 0.2) is 48.5 Å². The number of hydrogen-bond acceptors (Lipinski definition) is 5. The standard InChI is InChI=1S/C23H28F2N2O4/c1-2-29-21-14-17(8-11-20(21)31-23(24)25)15-27(18-9-10-18)16-22(28)26-12-13-30-19-6-4-3-5-7-19/h3-8,11,14,18,23H,2,9-10,12-13,15-16H2,1H3,(H,26,28). The van der Waals surface area contributed by atoms with Gasteiger partial charge in [0.1, 0.15) is 12.4 Å². The summed E-state index contributed by atoms with van der Waals surface area (Å²) in [6.45, 7) is 0.790. The number of carbonyl (C=O) groups excluding carboxylic acids is 1. The fourth-order valence-corrected chi connectivity index (χ4v) is 3.22. The average molecular weight is 434 g/mol. The van der Waals surface area contributed by atoms with E-state index in [0.29, 0.717) is 32.3 Å². The van der Waals surface area contributed by atoms with Gasteiger partial charge in [-0.2, -0.15) is 8.78 Å². The highest BCUT2D eigenvalue weighted by Gasteiger charge is 2.30. The van der Waals surface area contributed by atoms with Gasteiger partial charge >= 0.3 is 6.61 Å². The number of nitrogens with one attached hydrogen (secondary N) is 1. The third-order valence-corrected chi connectivity index (χ3v) is 4.76. The van der Waals surface area contributed by atoms with Crippen molar-refractivity contribution in [2.75, 3.05) is 26.3 Å². The largest absolute Gasteiger partial charge is 0.492 e. The summed E-state index contributed by atoms with van der Waals surface area (Å²) in [4.78, 5) is 14.5. The highest BCUT2D eigenvalue weighted by Crippen LogP contribution is 2.32. The van der Waals surface area contributed by atoms with Gasteiger partial charge in [0.25, 0.3) is 0 Å². The van der Waals surface area contributed by atoms with E-state index in [1.54, 1.807) is 19.1 Å². The maximum Gasteiger partial charge on any atom is 0.387 e. The third kappa shape index (κ3) is 7.71. The molecule has 0 aromatic heterocycles. The quantitative estimate of drug-likeness (QED) is 0.486. The molecule has 2 aromatic carbocycles. The lowest BCUT2D eigenvalue weighted by atomic mass is 10.2. The Morgan fingerprint density at radius 2 is 1.90 bits per heavy atom. The van der Waals surface area contributed by atoms with Crippen molar-refractivity contribution in [1.29, 1.82) is 0 Å². The first kappa shape index (κ1) is 22.8. The molecule has 1 saturated carbocycles. The van der Waals surface area contributed by atoms with Gasteiger partial charge in [-0.1, -0.05) is 24.3 Å². The molecule has 168 valence electrons. The van der Waals surface area contributed by atoms with Crippen molar-refractivity contribution in [2.45, 2.75) is 39.0 Å². The lowest BCUT2D eigenvalue weighted by Gasteiger charge is -2.22. The van der Waals surface area contributed by atoms with Gasteiger partial charge < -0.3 is 19.5 Å². The van der Waals surface area contributed by atoms with E-state index in [4.69, 9.17) is 9.47 Å². The fraction of sp³-hybridized carbons (Fsp3) is 0.435. The first-order valence-electron chi connectivity index (χ1n) is 10.4. The summed E-state index contributed by atoms with van der Waals surface area (Å²) in [6.07, 6.45) is 2.07. The van der Waals surface area contributed by atoms with Crippen LogP contribution < -0.4 is 19.5 Å². The molecule has 2 aromatic rings. The number of hydrogen-bond donors (Lipinski definition) is 1. The van der Waals surface area contributed by atoms with Crippen LogP contribution in [0.2, 0.25) is 0 Å². The average Bonchev–Trinajstić information content (AvgIpc) is 3.59. The normalized spacial score (nSPS) is 13.3. The topological polar surface area (TPSA) is 60.0 Å². The smallest absolute Gasteiger partial charge is 0.387 e. The Kier molecular flexibility index (Phi) is 8.46. The summed E-state index contributed by atoms with van der Waals surface area (Å²) in [5.41, 5.74) is 0.872. The van der Waals surface area contributed by atoms with Gasteiger partial charge in [0, 0.05) is 12.6 Å². The number of alkyl halides is 2. The molecule has 1 N–H and O–H groups in total. The number of carbonyl (C=O) groups is 1. The van der Waals surface area contributed by atoms with E-state index in [2.05, 4.69) is 15.0 Å². The van der Waals surface area contributed by atoms with Gasteiger partial charge in [-0.25, -0.2) is 0 Å². The zero-order chi connectivity index (χ0) is 22.1. The Balaban J connectivity index is 1.51. The molecular formula is C23H28F2N2O4. The summed E-state index contributed by atoms with van der Waals surface area (Å²) in [7, 11) is 0. The molecule has 0 spiro atoms. The predicted molar refractivity (Wildman–Crippen MR) is 113 cm³/mol. The molecule has 0 heterocycles. The summed E-state index contributed by atoms with van der Waals surface area (Å²) in [5.74, 6) is 0.972. The zero-order valence-electron chi connectivity index (χ0n) is 17.6. The maximum absolute atomic E-state index is 12.6. The van der Waals surface area contributed by atoms with Crippen molar-refractivity contribution in [3.63, 3.8) is 0 Å². The van der Waals surface area contributed by atoms with Gasteiger partial charge in [0.15, 0.2) is 11.5 Å². The molecule has 6 nitrogen and oxygen atoms in total. The van der Waals surface area contributed by atoms with Gasteiger partial charge in [-0.3, -0.25) is 9.69 Å². The second-order valence-corrected chi connectivity index (χ2v) is 7.24. The molecular weight excluding hydrogens is 406 g/mol. The van der Waals surface area contributed by atoms with Crippen molar-refractivity contribution in [1.82, 2.24) is 10.2 Å². The highest BCUT2D eigenvalue weighted by molar-refractivity contribution is 5.78. The number of amides is 1. The van der Waals surface area contributed by atoms with Crippen molar-refractivity contribution in [3.05, 3.63) is 54.1 Å². The minimum atomic E-state index is -2.91. The van der Waals surface area contributed by atoms with Gasteiger partial charge in [0.05, 0.1) is 19.7 Å². The number of halogens is 2. The fourth-order valence-electron chi connectivity index (χ4n) is 3.22. The lowest BCUT2D eigenvalue weighted by Crippen LogP contribution is -2.39. The number of para-hydroxylation sites is 1. The molecule has 1 amide bonds. The molecule has 8 heteroatoms. The molecule has 0 bridgehead atoms. The molecule has 0 aliphatic heterocycles. The molecule has 0 atom stereocenters. The minimum absolute atomic E-state index is 0.00901. The molecule has 3 rings (SSSR count). The van der Waals surface area contributed by atoms with Crippen LogP contribution in [0.5, 0.6) is 17.2 Å². The van der Waals surface area contributed by atoms with E-state index in [9.17, 15) is 13.6 Å². The Bertz CT molecular complexity index is 832. The van der Waals surface area contributed by atoms with Crippen molar-refractivity contribution in [2.24, 2.45) is 0 Å². The monoisotopic (exact) mass is 434 g/mol. The maximum atomic E-state index is 12.6. The zero-order valence-corrected chi connectivity index (χ0v) is 17.6. The van der Waals surface area contributed by atoms with Crippen LogP contribution in [0.4, 0.5) is 8.78 Å². The van der Waals surface area contributed by atoms with Crippen LogP contribution >= 0.6 is 0 Å². The van der Waals surface area contributed by atoms with Gasteiger partial charge in [-0.15, -0.1) is 0 Å². The van der Waals surface area contributed by atoms with Crippen LogP contribution in [-0.2, 0) is 11.3 Å². The second kappa shape index (κ2) is 11.5. The van der Waals surface area contributed by atoms with Crippen LogP contribution in [0.25, 0.3) is 0 Å². The highest BCUT2D eigenvalue weighted by atomic mass is 19.3. The van der Waals surface area contributed by atoms with Crippen LogP contribution in [0.1, 0.15) is 25.3 Å². The first-order chi connectivity index (χ1) is 15.0. The molecule has 0 radical (unpaired) electrons. The first-order valence-corrected chi connectivity index (χ1v) is 10.4. The van der Waals surface area contributed by atoms with E-state index in [1.165, 1.54) is 6.07 Å². The summed E-state index contributed by atoms with van der Waals surface area (Å²) in [6, 6.07) is 14.7. The number of benzene rings is 2.